The van der Waals surface area contributed by atoms with Crippen LogP contribution < -0.4 is 4.74 Å². The quantitative estimate of drug-likeness (QED) is 0.525. The molecule has 0 aliphatic rings. The van der Waals surface area contributed by atoms with Gasteiger partial charge in [0.05, 0.1) is 11.1 Å². The maximum Gasteiger partial charge on any atom is 0.258 e. The number of aliphatic hydroxyl groups is 2. The zero-order chi connectivity index (χ0) is 21.0. The second-order valence-electron chi connectivity index (χ2n) is 7.30. The van der Waals surface area contributed by atoms with Crippen molar-refractivity contribution in [2.24, 2.45) is 5.92 Å². The zero-order valence-electron chi connectivity index (χ0n) is 16.6. The number of rotatable bonds is 8. The van der Waals surface area contributed by atoms with Gasteiger partial charge in [0, 0.05) is 22.5 Å². The highest BCUT2D eigenvalue weighted by Gasteiger charge is 2.15. The van der Waals surface area contributed by atoms with E-state index in [1.54, 1.807) is 6.07 Å². The number of nitrogens with zero attached hydrogens (tertiary/aromatic N) is 3. The Balaban J connectivity index is 1.81. The maximum atomic E-state index is 9.41. The molecule has 0 fully saturated rings. The van der Waals surface area contributed by atoms with Crippen LogP contribution in [0.2, 0.25) is 0 Å². The lowest BCUT2D eigenvalue weighted by atomic mass is 10.1. The SMILES string of the molecule is Cc1cc(-c2nc(-c3ccc(OC[C@H](O)CO)c(Br)c3)no2)cc(CC(C)C)n1. The van der Waals surface area contributed by atoms with Crippen molar-refractivity contribution in [3.8, 4) is 28.6 Å². The molecule has 2 heterocycles. The van der Waals surface area contributed by atoms with E-state index >= 15 is 0 Å². The summed E-state index contributed by atoms with van der Waals surface area (Å²) in [6, 6.07) is 9.29. The first-order chi connectivity index (χ1) is 13.9. The monoisotopic (exact) mass is 461 g/mol. The largest absolute Gasteiger partial charge is 0.490 e. The van der Waals surface area contributed by atoms with Crippen molar-refractivity contribution < 1.29 is 19.5 Å². The first kappa shape index (κ1) is 21.4. The molecule has 0 bridgehead atoms. The third-order valence-electron chi connectivity index (χ3n) is 4.13. The maximum absolute atomic E-state index is 9.41. The van der Waals surface area contributed by atoms with Crippen LogP contribution in [0.15, 0.2) is 39.3 Å². The Morgan fingerprint density at radius 3 is 2.62 bits per heavy atom. The first-order valence-corrected chi connectivity index (χ1v) is 10.2. The molecule has 29 heavy (non-hydrogen) atoms. The minimum Gasteiger partial charge on any atom is -0.490 e. The molecule has 3 aromatic rings. The van der Waals surface area contributed by atoms with Crippen molar-refractivity contribution in [2.45, 2.75) is 33.3 Å². The number of aliphatic hydroxyl groups excluding tert-OH is 2. The topological polar surface area (TPSA) is 102 Å². The number of benzene rings is 1. The normalized spacial score (nSPS) is 12.4. The van der Waals surface area contributed by atoms with Crippen LogP contribution in [0.3, 0.4) is 0 Å². The fraction of sp³-hybridized carbons (Fsp3) is 0.381. The standard InChI is InChI=1S/C21H24BrN3O4/c1-12(2)6-16-8-15(7-13(3)23-16)21-24-20(25-29-21)14-4-5-19(18(22)9-14)28-11-17(27)10-26/h4-5,7-9,12,17,26-27H,6,10-11H2,1-3H3/t17-/m1/s1. The van der Waals surface area contributed by atoms with Crippen LogP contribution in [0.5, 0.6) is 5.75 Å². The van der Waals surface area contributed by atoms with Crippen LogP contribution in [-0.2, 0) is 6.42 Å². The number of halogens is 1. The molecule has 2 aromatic heterocycles. The average Bonchev–Trinajstić information content (AvgIpc) is 3.16. The molecule has 0 aliphatic carbocycles. The number of pyridine rings is 1. The van der Waals surface area contributed by atoms with Crippen LogP contribution in [-0.4, -0.2) is 44.7 Å². The molecule has 0 unspecified atom stereocenters. The predicted octanol–water partition coefficient (Wildman–Crippen LogP) is 3.80. The van der Waals surface area contributed by atoms with Crippen LogP contribution in [0, 0.1) is 12.8 Å². The van der Waals surface area contributed by atoms with Crippen molar-refractivity contribution >= 4 is 15.9 Å². The minimum atomic E-state index is -0.925. The van der Waals surface area contributed by atoms with Gasteiger partial charge in [0.1, 0.15) is 18.5 Å². The van der Waals surface area contributed by atoms with E-state index in [2.05, 4.69) is 44.9 Å². The van der Waals surface area contributed by atoms with Gasteiger partial charge in [-0.05, 0) is 65.5 Å². The van der Waals surface area contributed by atoms with E-state index in [-0.39, 0.29) is 13.2 Å². The molecule has 1 atom stereocenters. The van der Waals surface area contributed by atoms with Crippen molar-refractivity contribution in [3.63, 3.8) is 0 Å². The van der Waals surface area contributed by atoms with Crippen LogP contribution in [0.4, 0.5) is 0 Å². The number of hydrogen-bond acceptors (Lipinski definition) is 7. The molecule has 0 amide bonds. The summed E-state index contributed by atoms with van der Waals surface area (Å²) >= 11 is 3.45. The van der Waals surface area contributed by atoms with E-state index in [0.29, 0.717) is 27.9 Å². The molecule has 154 valence electrons. The molecule has 0 radical (unpaired) electrons. The summed E-state index contributed by atoms with van der Waals surface area (Å²) in [5.41, 5.74) is 3.52. The molecule has 0 aliphatic heterocycles. The number of hydrogen-bond donors (Lipinski definition) is 2. The number of aromatic nitrogens is 3. The van der Waals surface area contributed by atoms with Crippen LogP contribution in [0.1, 0.15) is 25.2 Å². The second-order valence-corrected chi connectivity index (χ2v) is 8.16. The van der Waals surface area contributed by atoms with Gasteiger partial charge in [-0.15, -0.1) is 0 Å². The lowest BCUT2D eigenvalue weighted by Crippen LogP contribution is -2.21. The molecular weight excluding hydrogens is 438 g/mol. The predicted molar refractivity (Wildman–Crippen MR) is 113 cm³/mol. The Morgan fingerprint density at radius 1 is 1.14 bits per heavy atom. The molecule has 8 heteroatoms. The molecule has 2 N–H and O–H groups in total. The van der Waals surface area contributed by atoms with Crippen molar-refractivity contribution in [1.82, 2.24) is 15.1 Å². The molecule has 0 saturated carbocycles. The van der Waals surface area contributed by atoms with Gasteiger partial charge in [0.15, 0.2) is 0 Å². The van der Waals surface area contributed by atoms with Gasteiger partial charge in [0.2, 0.25) is 5.82 Å². The zero-order valence-corrected chi connectivity index (χ0v) is 18.2. The molecular formula is C21H24BrN3O4. The lowest BCUT2D eigenvalue weighted by molar-refractivity contribution is 0.0534. The summed E-state index contributed by atoms with van der Waals surface area (Å²) in [4.78, 5) is 9.11. The van der Waals surface area contributed by atoms with E-state index in [4.69, 9.17) is 14.4 Å². The summed E-state index contributed by atoms with van der Waals surface area (Å²) in [6.07, 6.45) is -0.0412. The highest BCUT2D eigenvalue weighted by Crippen LogP contribution is 2.31. The van der Waals surface area contributed by atoms with E-state index in [9.17, 15) is 5.11 Å². The van der Waals surface area contributed by atoms with Gasteiger partial charge in [-0.3, -0.25) is 4.98 Å². The third-order valence-corrected chi connectivity index (χ3v) is 4.75. The van der Waals surface area contributed by atoms with Gasteiger partial charge in [-0.2, -0.15) is 4.98 Å². The Hall–Kier alpha value is -2.29. The molecule has 0 saturated heterocycles. The summed E-state index contributed by atoms with van der Waals surface area (Å²) < 4.78 is 11.7. The lowest BCUT2D eigenvalue weighted by Gasteiger charge is -2.11. The Morgan fingerprint density at radius 2 is 1.93 bits per heavy atom. The highest BCUT2D eigenvalue weighted by molar-refractivity contribution is 9.10. The van der Waals surface area contributed by atoms with Crippen LogP contribution >= 0.6 is 15.9 Å². The van der Waals surface area contributed by atoms with Crippen molar-refractivity contribution in [2.75, 3.05) is 13.2 Å². The van der Waals surface area contributed by atoms with Gasteiger partial charge >= 0.3 is 0 Å². The summed E-state index contributed by atoms with van der Waals surface area (Å²) in [6.45, 7) is 5.91. The first-order valence-electron chi connectivity index (χ1n) is 9.39. The van der Waals surface area contributed by atoms with E-state index in [0.717, 1.165) is 28.9 Å². The molecule has 1 aromatic carbocycles. The second kappa shape index (κ2) is 9.47. The fourth-order valence-electron chi connectivity index (χ4n) is 2.84. The van der Waals surface area contributed by atoms with E-state index < -0.39 is 6.10 Å². The number of ether oxygens (including phenoxy) is 1. The average molecular weight is 462 g/mol. The van der Waals surface area contributed by atoms with Crippen LogP contribution in [0.25, 0.3) is 22.8 Å². The number of aryl methyl sites for hydroxylation is 1. The Labute approximate surface area is 177 Å². The summed E-state index contributed by atoms with van der Waals surface area (Å²) in [5, 5.41) is 22.4. The molecule has 7 nitrogen and oxygen atoms in total. The van der Waals surface area contributed by atoms with Gasteiger partial charge in [-0.1, -0.05) is 19.0 Å². The van der Waals surface area contributed by atoms with Crippen molar-refractivity contribution in [1.29, 1.82) is 0 Å². The van der Waals surface area contributed by atoms with Crippen molar-refractivity contribution in [3.05, 3.63) is 46.2 Å². The summed E-state index contributed by atoms with van der Waals surface area (Å²) in [5.74, 6) is 1.96. The molecule has 0 spiro atoms. The Bertz CT molecular complexity index is 974. The smallest absolute Gasteiger partial charge is 0.258 e. The minimum absolute atomic E-state index is 0.000902. The summed E-state index contributed by atoms with van der Waals surface area (Å²) in [7, 11) is 0. The highest BCUT2D eigenvalue weighted by atomic mass is 79.9. The van der Waals surface area contributed by atoms with E-state index in [1.807, 2.05) is 31.2 Å². The van der Waals surface area contributed by atoms with E-state index in [1.165, 1.54) is 0 Å². The van der Waals surface area contributed by atoms with Gasteiger partial charge in [0.25, 0.3) is 5.89 Å². The molecule has 3 rings (SSSR count). The Kier molecular flexibility index (Phi) is 7.00. The fourth-order valence-corrected chi connectivity index (χ4v) is 3.33. The third kappa shape index (κ3) is 5.62. The van der Waals surface area contributed by atoms with Gasteiger partial charge in [-0.25, -0.2) is 0 Å². The van der Waals surface area contributed by atoms with Gasteiger partial charge < -0.3 is 19.5 Å².